The highest BCUT2D eigenvalue weighted by Crippen LogP contribution is 2.30. The fraction of sp³-hybridized carbons (Fsp3) is 0.120. The van der Waals surface area contributed by atoms with Gasteiger partial charge in [0.1, 0.15) is 11.3 Å². The highest BCUT2D eigenvalue weighted by atomic mass is 19.1. The Hall–Kier alpha value is -4.33. The molecule has 8 heteroatoms. The number of benzene rings is 2. The molecule has 0 amide bonds. The van der Waals surface area contributed by atoms with E-state index >= 15 is 0 Å². The Morgan fingerprint density at radius 2 is 1.97 bits per heavy atom. The number of aliphatic imine (C=N–C) groups is 1. The Balaban J connectivity index is 1.43. The third-order valence-corrected chi connectivity index (χ3v) is 5.98. The molecule has 7 nitrogen and oxygen atoms in total. The number of aryl methyl sites for hydroxylation is 1. The zero-order valence-corrected chi connectivity index (χ0v) is 17.7. The number of fused-ring (bicyclic) bond motifs is 4. The van der Waals surface area contributed by atoms with Crippen LogP contribution in [0.4, 0.5) is 4.39 Å². The van der Waals surface area contributed by atoms with E-state index in [0.29, 0.717) is 24.4 Å². The lowest BCUT2D eigenvalue weighted by Gasteiger charge is -2.09. The topological polar surface area (TPSA) is 74.3 Å². The van der Waals surface area contributed by atoms with E-state index in [0.717, 1.165) is 33.0 Å². The number of hydrogen-bond donors (Lipinski definition) is 0. The summed E-state index contributed by atoms with van der Waals surface area (Å²) in [6, 6.07) is 15.9. The molecule has 0 spiro atoms. The van der Waals surface area contributed by atoms with E-state index in [2.05, 4.69) is 15.1 Å². The maximum atomic E-state index is 13.4. The van der Waals surface area contributed by atoms with E-state index in [1.54, 1.807) is 18.3 Å². The molecule has 0 fully saturated rings. The van der Waals surface area contributed by atoms with E-state index in [1.165, 1.54) is 16.8 Å². The molecule has 0 bridgehead atoms. The second kappa shape index (κ2) is 7.37. The largest absolute Gasteiger partial charge is 0.439 e. The van der Waals surface area contributed by atoms with Crippen molar-refractivity contribution in [1.29, 1.82) is 0 Å². The SMILES string of the molecule is Cn1c2cc(Oc3cccc(F)n3)ccc2c2cnn(Cc3cccc4c3C=NC4)c(=O)c21. The van der Waals surface area contributed by atoms with Crippen molar-refractivity contribution < 1.29 is 9.13 Å². The Labute approximate surface area is 187 Å². The van der Waals surface area contributed by atoms with Crippen LogP contribution in [-0.4, -0.2) is 25.5 Å². The zero-order valence-electron chi connectivity index (χ0n) is 17.7. The predicted molar refractivity (Wildman–Crippen MR) is 124 cm³/mol. The van der Waals surface area contributed by atoms with Gasteiger partial charge in [-0.3, -0.25) is 9.79 Å². The number of hydrogen-bond acceptors (Lipinski definition) is 5. The summed E-state index contributed by atoms with van der Waals surface area (Å²) in [6.07, 6.45) is 3.59. The molecule has 0 saturated carbocycles. The third-order valence-electron chi connectivity index (χ3n) is 5.98. The van der Waals surface area contributed by atoms with Crippen LogP contribution in [0.15, 0.2) is 70.6 Å². The van der Waals surface area contributed by atoms with Gasteiger partial charge in [0.15, 0.2) is 0 Å². The molecule has 5 aromatic rings. The number of ether oxygens (including phenoxy) is 1. The van der Waals surface area contributed by atoms with E-state index in [-0.39, 0.29) is 11.4 Å². The maximum Gasteiger partial charge on any atom is 0.291 e. The van der Waals surface area contributed by atoms with Gasteiger partial charge in [0, 0.05) is 41.7 Å². The minimum absolute atomic E-state index is 0.163. The molecule has 4 heterocycles. The summed E-state index contributed by atoms with van der Waals surface area (Å²) >= 11 is 0. The first-order valence-electron chi connectivity index (χ1n) is 10.5. The van der Waals surface area contributed by atoms with Crippen molar-refractivity contribution >= 4 is 28.0 Å². The third kappa shape index (κ3) is 3.18. The van der Waals surface area contributed by atoms with Crippen LogP contribution in [0.2, 0.25) is 0 Å². The molecule has 2 aromatic carbocycles. The first-order chi connectivity index (χ1) is 16.1. The summed E-state index contributed by atoms with van der Waals surface area (Å²) < 4.78 is 22.4. The van der Waals surface area contributed by atoms with Crippen molar-refractivity contribution in [2.24, 2.45) is 12.0 Å². The molecule has 33 heavy (non-hydrogen) atoms. The molecule has 3 aromatic heterocycles. The molecule has 0 unspecified atom stereocenters. The van der Waals surface area contributed by atoms with Crippen molar-refractivity contribution in [2.75, 3.05) is 0 Å². The fourth-order valence-electron chi connectivity index (χ4n) is 4.38. The molecule has 0 atom stereocenters. The molecule has 1 aliphatic rings. The average Bonchev–Trinajstić information content (AvgIpc) is 3.40. The van der Waals surface area contributed by atoms with E-state index in [9.17, 15) is 9.18 Å². The summed E-state index contributed by atoms with van der Waals surface area (Å²) in [7, 11) is 1.84. The van der Waals surface area contributed by atoms with Crippen LogP contribution < -0.4 is 10.3 Å². The van der Waals surface area contributed by atoms with Crippen molar-refractivity contribution in [1.82, 2.24) is 19.3 Å². The molecular formula is C25H18FN5O2. The van der Waals surface area contributed by atoms with E-state index < -0.39 is 5.95 Å². The van der Waals surface area contributed by atoms with Gasteiger partial charge in [0.25, 0.3) is 5.56 Å². The van der Waals surface area contributed by atoms with Crippen LogP contribution in [0.25, 0.3) is 21.8 Å². The molecule has 6 rings (SSSR count). The fourth-order valence-corrected chi connectivity index (χ4v) is 4.38. The smallest absolute Gasteiger partial charge is 0.291 e. The minimum atomic E-state index is -0.611. The second-order valence-corrected chi connectivity index (χ2v) is 7.97. The zero-order chi connectivity index (χ0) is 22.5. The lowest BCUT2D eigenvalue weighted by Crippen LogP contribution is -2.25. The van der Waals surface area contributed by atoms with Crippen molar-refractivity contribution in [3.05, 3.63) is 93.8 Å². The number of nitrogens with zero attached hydrogens (tertiary/aromatic N) is 5. The van der Waals surface area contributed by atoms with Crippen LogP contribution in [0, 0.1) is 5.95 Å². The van der Waals surface area contributed by atoms with Crippen LogP contribution in [-0.2, 0) is 20.1 Å². The summed E-state index contributed by atoms with van der Waals surface area (Å²) in [5.74, 6) is 0.0511. The maximum absolute atomic E-state index is 13.4. The highest BCUT2D eigenvalue weighted by Gasteiger charge is 2.17. The lowest BCUT2D eigenvalue weighted by atomic mass is 10.0. The standard InChI is InChI=1S/C25H18FN5O2/c1-30-21-10-17(33-23-7-3-6-22(26)29-23)8-9-18(21)20-13-28-31(25(32)24(20)30)14-16-5-2-4-15-11-27-12-19(15)16/h2-10,12-13H,11,14H2,1H3. The Morgan fingerprint density at radius 3 is 2.85 bits per heavy atom. The van der Waals surface area contributed by atoms with Gasteiger partial charge < -0.3 is 9.30 Å². The Kier molecular flexibility index (Phi) is 4.33. The summed E-state index contributed by atoms with van der Waals surface area (Å²) in [4.78, 5) is 21.5. The van der Waals surface area contributed by atoms with Crippen molar-refractivity contribution in [3.8, 4) is 11.6 Å². The van der Waals surface area contributed by atoms with Gasteiger partial charge in [-0.15, -0.1) is 0 Å². The van der Waals surface area contributed by atoms with Crippen LogP contribution >= 0.6 is 0 Å². The molecule has 0 aliphatic carbocycles. The quantitative estimate of drug-likeness (QED) is 0.394. The van der Waals surface area contributed by atoms with Gasteiger partial charge in [-0.25, -0.2) is 4.68 Å². The summed E-state index contributed by atoms with van der Waals surface area (Å²) in [5, 5.41) is 6.11. The lowest BCUT2D eigenvalue weighted by molar-refractivity contribution is 0.446. The molecule has 0 radical (unpaired) electrons. The van der Waals surface area contributed by atoms with Crippen LogP contribution in [0.5, 0.6) is 11.6 Å². The monoisotopic (exact) mass is 439 g/mol. The van der Waals surface area contributed by atoms with Crippen molar-refractivity contribution in [2.45, 2.75) is 13.1 Å². The van der Waals surface area contributed by atoms with Crippen LogP contribution in [0.3, 0.4) is 0 Å². The summed E-state index contributed by atoms with van der Waals surface area (Å²) in [5.41, 5.74) is 4.43. The minimum Gasteiger partial charge on any atom is -0.439 e. The Morgan fingerprint density at radius 1 is 1.09 bits per heavy atom. The van der Waals surface area contributed by atoms with Gasteiger partial charge >= 0.3 is 0 Å². The molecular weight excluding hydrogens is 421 g/mol. The first-order valence-corrected chi connectivity index (χ1v) is 10.5. The first kappa shape index (κ1) is 19.4. The van der Waals surface area contributed by atoms with Gasteiger partial charge in [0.2, 0.25) is 11.8 Å². The normalized spacial score (nSPS) is 12.5. The van der Waals surface area contributed by atoms with E-state index in [1.807, 2.05) is 48.2 Å². The molecule has 1 aliphatic heterocycles. The Bertz CT molecular complexity index is 1650. The van der Waals surface area contributed by atoms with Gasteiger partial charge in [0.05, 0.1) is 24.8 Å². The average molecular weight is 439 g/mol. The molecule has 0 saturated heterocycles. The van der Waals surface area contributed by atoms with Gasteiger partial charge in [-0.1, -0.05) is 24.3 Å². The highest BCUT2D eigenvalue weighted by molar-refractivity contribution is 6.07. The number of pyridine rings is 1. The van der Waals surface area contributed by atoms with Gasteiger partial charge in [-0.2, -0.15) is 14.5 Å². The molecule has 0 N–H and O–H groups in total. The number of aromatic nitrogens is 4. The second-order valence-electron chi connectivity index (χ2n) is 7.97. The predicted octanol–water partition coefficient (Wildman–Crippen LogP) is 4.20. The van der Waals surface area contributed by atoms with Crippen molar-refractivity contribution in [3.63, 3.8) is 0 Å². The van der Waals surface area contributed by atoms with E-state index in [4.69, 9.17) is 4.74 Å². The van der Waals surface area contributed by atoms with Crippen LogP contribution in [0.1, 0.15) is 16.7 Å². The number of halogens is 1. The molecule has 162 valence electrons. The van der Waals surface area contributed by atoms with Gasteiger partial charge in [-0.05, 0) is 29.3 Å². The number of rotatable bonds is 4. The summed E-state index contributed by atoms with van der Waals surface area (Å²) in [6.45, 7) is 1.04.